The van der Waals surface area contributed by atoms with E-state index in [1.54, 1.807) is 18.2 Å². The topological polar surface area (TPSA) is 69.6 Å². The summed E-state index contributed by atoms with van der Waals surface area (Å²) in [4.78, 5) is 24.4. The van der Waals surface area contributed by atoms with Crippen LogP contribution in [0.25, 0.3) is 6.08 Å². The molecule has 0 aliphatic carbocycles. The molecule has 20 heavy (non-hydrogen) atoms. The molecule has 1 aromatic carbocycles. The molecule has 2 rings (SSSR count). The van der Waals surface area contributed by atoms with Gasteiger partial charge < -0.3 is 10.4 Å². The minimum atomic E-state index is -0.977. The van der Waals surface area contributed by atoms with E-state index < -0.39 is 5.97 Å². The molecule has 1 fully saturated rings. The van der Waals surface area contributed by atoms with Crippen LogP contribution >= 0.6 is 12.2 Å². The van der Waals surface area contributed by atoms with Gasteiger partial charge in [0.1, 0.15) is 5.70 Å². The Hall–Kier alpha value is -2.21. The summed E-state index contributed by atoms with van der Waals surface area (Å²) in [5, 5.41) is 12.1. The molecule has 0 bridgehead atoms. The summed E-state index contributed by atoms with van der Waals surface area (Å²) in [7, 11) is 0. The van der Waals surface area contributed by atoms with Crippen molar-refractivity contribution in [2.24, 2.45) is 0 Å². The van der Waals surface area contributed by atoms with E-state index in [1.165, 1.54) is 17.0 Å². The molecule has 1 heterocycles. The molecule has 1 saturated heterocycles. The molecule has 0 unspecified atom stereocenters. The van der Waals surface area contributed by atoms with Gasteiger partial charge in [0.05, 0.1) is 5.56 Å². The Kier molecular flexibility index (Phi) is 4.14. The molecular weight excluding hydrogens is 276 g/mol. The van der Waals surface area contributed by atoms with Crippen LogP contribution in [0.4, 0.5) is 0 Å². The molecule has 0 spiro atoms. The summed E-state index contributed by atoms with van der Waals surface area (Å²) < 4.78 is 0. The second kappa shape index (κ2) is 5.83. The molecule has 1 aromatic rings. The normalized spacial score (nSPS) is 16.6. The van der Waals surface area contributed by atoms with Crippen LogP contribution in [0.15, 0.2) is 30.0 Å². The van der Waals surface area contributed by atoms with E-state index >= 15 is 0 Å². The Balaban J connectivity index is 2.21. The van der Waals surface area contributed by atoms with Crippen LogP contribution in [0.3, 0.4) is 0 Å². The predicted molar refractivity (Wildman–Crippen MR) is 79.1 cm³/mol. The number of hydrogen-bond donors (Lipinski definition) is 2. The summed E-state index contributed by atoms with van der Waals surface area (Å²) in [6.45, 7) is 2.56. The average molecular weight is 290 g/mol. The number of carboxylic acid groups (broad SMARTS) is 1. The van der Waals surface area contributed by atoms with Gasteiger partial charge >= 0.3 is 5.97 Å². The number of carbonyl (C=O) groups excluding carboxylic acids is 1. The lowest BCUT2D eigenvalue weighted by Crippen LogP contribution is -2.31. The van der Waals surface area contributed by atoms with Crippen LogP contribution in [-0.4, -0.2) is 33.5 Å². The van der Waals surface area contributed by atoms with Crippen molar-refractivity contribution in [1.82, 2.24) is 10.2 Å². The van der Waals surface area contributed by atoms with Crippen molar-refractivity contribution in [2.75, 3.05) is 6.54 Å². The van der Waals surface area contributed by atoms with Gasteiger partial charge in [-0.1, -0.05) is 19.1 Å². The highest BCUT2D eigenvalue weighted by Gasteiger charge is 2.29. The van der Waals surface area contributed by atoms with E-state index in [1.807, 2.05) is 6.92 Å². The van der Waals surface area contributed by atoms with Gasteiger partial charge in [0.15, 0.2) is 5.11 Å². The maximum atomic E-state index is 12.1. The third-order valence-electron chi connectivity index (χ3n) is 2.88. The summed E-state index contributed by atoms with van der Waals surface area (Å²) >= 11 is 5.11. The quantitative estimate of drug-likeness (QED) is 0.654. The molecule has 2 N–H and O–H groups in total. The van der Waals surface area contributed by atoms with E-state index in [2.05, 4.69) is 5.32 Å². The Labute approximate surface area is 121 Å². The third kappa shape index (κ3) is 2.85. The number of benzene rings is 1. The lowest BCUT2D eigenvalue weighted by molar-refractivity contribution is -0.122. The molecule has 6 heteroatoms. The summed E-state index contributed by atoms with van der Waals surface area (Å²) in [6.07, 6.45) is 2.49. The maximum Gasteiger partial charge on any atom is 0.335 e. The third-order valence-corrected chi connectivity index (χ3v) is 3.20. The first kappa shape index (κ1) is 14.2. The van der Waals surface area contributed by atoms with Crippen LogP contribution in [0.5, 0.6) is 0 Å². The number of rotatable bonds is 4. The fourth-order valence-electron chi connectivity index (χ4n) is 1.89. The summed E-state index contributed by atoms with van der Waals surface area (Å²) in [6, 6.07) is 6.29. The lowest BCUT2D eigenvalue weighted by Gasteiger charge is -2.11. The number of carbonyl (C=O) groups is 2. The van der Waals surface area contributed by atoms with Crippen molar-refractivity contribution < 1.29 is 14.7 Å². The van der Waals surface area contributed by atoms with Crippen LogP contribution in [0, 0.1) is 0 Å². The Morgan fingerprint density at radius 2 is 2.05 bits per heavy atom. The fourth-order valence-corrected chi connectivity index (χ4v) is 2.17. The number of aromatic carboxylic acids is 1. The van der Waals surface area contributed by atoms with E-state index in [0.29, 0.717) is 17.4 Å². The second-order valence-corrected chi connectivity index (χ2v) is 4.76. The smallest absolute Gasteiger partial charge is 0.335 e. The van der Waals surface area contributed by atoms with Crippen molar-refractivity contribution in [3.63, 3.8) is 0 Å². The summed E-state index contributed by atoms with van der Waals surface area (Å²) in [5.41, 5.74) is 1.36. The Morgan fingerprint density at radius 3 is 2.60 bits per heavy atom. The van der Waals surface area contributed by atoms with Gasteiger partial charge in [0.2, 0.25) is 0 Å². The van der Waals surface area contributed by atoms with Crippen LogP contribution in [0.1, 0.15) is 29.3 Å². The first-order valence-corrected chi connectivity index (χ1v) is 6.61. The van der Waals surface area contributed by atoms with Crippen molar-refractivity contribution in [3.8, 4) is 0 Å². The van der Waals surface area contributed by atoms with Crippen molar-refractivity contribution in [3.05, 3.63) is 41.1 Å². The van der Waals surface area contributed by atoms with Crippen LogP contribution < -0.4 is 5.32 Å². The first-order chi connectivity index (χ1) is 9.52. The van der Waals surface area contributed by atoms with E-state index in [0.717, 1.165) is 12.0 Å². The number of thiocarbonyl (C=S) groups is 1. The standard InChI is InChI=1S/C14H14N2O3S/c1-2-7-16-12(17)11(15-14(16)20)8-9-3-5-10(6-4-9)13(18)19/h3-6,8H,2,7H2,1H3,(H,15,20)(H,18,19). The molecule has 5 nitrogen and oxygen atoms in total. The van der Waals surface area contributed by atoms with Crippen molar-refractivity contribution in [2.45, 2.75) is 13.3 Å². The molecule has 104 valence electrons. The highest BCUT2D eigenvalue weighted by atomic mass is 32.1. The van der Waals surface area contributed by atoms with Gasteiger partial charge in [-0.3, -0.25) is 9.69 Å². The number of hydrogen-bond acceptors (Lipinski definition) is 3. The minimum Gasteiger partial charge on any atom is -0.478 e. The van der Waals surface area contributed by atoms with Gasteiger partial charge in [-0.25, -0.2) is 4.79 Å². The highest BCUT2D eigenvalue weighted by molar-refractivity contribution is 7.80. The zero-order valence-electron chi connectivity index (χ0n) is 10.9. The van der Waals surface area contributed by atoms with Gasteiger partial charge in [-0.05, 0) is 42.4 Å². The maximum absolute atomic E-state index is 12.1. The molecule has 1 amide bonds. The van der Waals surface area contributed by atoms with E-state index in [-0.39, 0.29) is 11.5 Å². The number of carboxylic acids is 1. The first-order valence-electron chi connectivity index (χ1n) is 6.21. The van der Waals surface area contributed by atoms with Crippen molar-refractivity contribution in [1.29, 1.82) is 0 Å². The van der Waals surface area contributed by atoms with Crippen LogP contribution in [-0.2, 0) is 4.79 Å². The average Bonchev–Trinajstić information content (AvgIpc) is 2.67. The molecule has 1 aliphatic rings. The zero-order chi connectivity index (χ0) is 14.7. The fraction of sp³-hybridized carbons (Fsp3) is 0.214. The molecular formula is C14H14N2O3S. The Bertz CT molecular complexity index is 593. The molecule has 0 atom stereocenters. The minimum absolute atomic E-state index is 0.154. The monoisotopic (exact) mass is 290 g/mol. The van der Waals surface area contributed by atoms with Gasteiger partial charge in [0, 0.05) is 6.54 Å². The number of amides is 1. The predicted octanol–water partition coefficient (Wildman–Crippen LogP) is 1.85. The zero-order valence-corrected chi connectivity index (χ0v) is 11.7. The van der Waals surface area contributed by atoms with Crippen molar-refractivity contribution >= 4 is 35.3 Å². The summed E-state index contributed by atoms with van der Waals surface area (Å²) in [5.74, 6) is -1.13. The largest absolute Gasteiger partial charge is 0.478 e. The number of nitrogens with zero attached hydrogens (tertiary/aromatic N) is 1. The second-order valence-electron chi connectivity index (χ2n) is 4.37. The van der Waals surface area contributed by atoms with E-state index in [4.69, 9.17) is 17.3 Å². The SMILES string of the molecule is CCCN1C(=O)C(=Cc2ccc(C(=O)O)cc2)NC1=S. The van der Waals surface area contributed by atoms with Gasteiger partial charge in [-0.15, -0.1) is 0 Å². The van der Waals surface area contributed by atoms with E-state index in [9.17, 15) is 9.59 Å². The Morgan fingerprint density at radius 1 is 1.40 bits per heavy atom. The van der Waals surface area contributed by atoms with Gasteiger partial charge in [0.25, 0.3) is 5.91 Å². The molecule has 1 aliphatic heterocycles. The molecule has 0 radical (unpaired) electrons. The van der Waals surface area contributed by atoms with Gasteiger partial charge in [-0.2, -0.15) is 0 Å². The lowest BCUT2D eigenvalue weighted by atomic mass is 10.1. The molecule has 0 aromatic heterocycles. The highest BCUT2D eigenvalue weighted by Crippen LogP contribution is 2.15. The molecule has 0 saturated carbocycles. The van der Waals surface area contributed by atoms with Crippen LogP contribution in [0.2, 0.25) is 0 Å². The number of nitrogens with one attached hydrogen (secondary N) is 1.